The Morgan fingerprint density at radius 1 is 0.368 bits per heavy atom. The number of rotatable bonds is 13. The number of hydrogen-bond acceptors (Lipinski definition) is 5. The minimum absolute atomic E-state index is 0. The fraction of sp³-hybridized carbons (Fsp3) is 0.111. The summed E-state index contributed by atoms with van der Waals surface area (Å²) in [6, 6.07) is 19.4. The third-order valence-electron chi connectivity index (χ3n) is 11.4. The summed E-state index contributed by atoms with van der Waals surface area (Å²) in [5.41, 5.74) is -9.49. The van der Waals surface area contributed by atoms with E-state index in [2.05, 4.69) is 0 Å². The van der Waals surface area contributed by atoms with Gasteiger partial charge in [-0.1, -0.05) is 54.6 Å². The Labute approximate surface area is 420 Å². The molecule has 0 saturated carbocycles. The number of hydrogen-bond donors (Lipinski definition) is 0. The number of quaternary nitrogens is 1. The summed E-state index contributed by atoms with van der Waals surface area (Å²) >= 11 is 0. The Bertz CT molecular complexity index is 3490. The zero-order valence-corrected chi connectivity index (χ0v) is 39.4. The van der Waals surface area contributed by atoms with Gasteiger partial charge in [-0.2, -0.15) is 26.3 Å². The summed E-state index contributed by atoms with van der Waals surface area (Å²) in [5.74, 6) is -46.9. The van der Waals surface area contributed by atoms with E-state index in [9.17, 15) is 17.6 Å². The third-order valence-corrected chi connectivity index (χ3v) is 11.4. The molecule has 0 amide bonds. The molecule has 0 heterocycles. The smallest absolute Gasteiger partial charge is 0.205 e. The quantitative estimate of drug-likeness (QED) is 0.0654. The van der Waals surface area contributed by atoms with Crippen LogP contribution in [0.2, 0.25) is 0 Å². The predicted molar refractivity (Wildman–Crippen MR) is 242 cm³/mol. The molecule has 8 aromatic carbocycles. The summed E-state index contributed by atoms with van der Waals surface area (Å²) < 4.78 is 269. The molecular formula is C54H33F16NO5. The van der Waals surface area contributed by atoms with Gasteiger partial charge in [-0.15, -0.1) is 0 Å². The molecule has 8 aromatic rings. The van der Waals surface area contributed by atoms with Crippen molar-refractivity contribution in [3.05, 3.63) is 195 Å². The van der Waals surface area contributed by atoms with Gasteiger partial charge in [0, 0.05) is 22.3 Å². The van der Waals surface area contributed by atoms with Crippen molar-refractivity contribution < 1.29 is 99.2 Å². The van der Waals surface area contributed by atoms with Crippen LogP contribution >= 0.6 is 0 Å². The van der Waals surface area contributed by atoms with Gasteiger partial charge >= 0.3 is 0 Å². The summed E-state index contributed by atoms with van der Waals surface area (Å²) in [6.45, 7) is 0.969. The topological polar surface area (TPSA) is 66.9 Å². The molecule has 0 aliphatic rings. The van der Waals surface area contributed by atoms with Gasteiger partial charge in [-0.3, -0.25) is 0 Å². The van der Waals surface area contributed by atoms with Crippen molar-refractivity contribution in [1.29, 1.82) is 0 Å². The highest BCUT2D eigenvalue weighted by Gasteiger charge is 2.38. The molecule has 0 aromatic heterocycles. The second-order valence-corrected chi connectivity index (χ2v) is 17.5. The average Bonchev–Trinajstić information content (AvgIpc) is 3.40. The molecule has 0 radical (unpaired) electrons. The van der Waals surface area contributed by atoms with E-state index in [1.54, 1.807) is 18.2 Å². The molecule has 0 unspecified atom stereocenters. The van der Waals surface area contributed by atoms with Crippen LogP contribution in [0.1, 0.15) is 11.1 Å². The lowest BCUT2D eigenvalue weighted by Crippen LogP contribution is -2.33. The van der Waals surface area contributed by atoms with E-state index >= 15 is 52.7 Å². The van der Waals surface area contributed by atoms with Gasteiger partial charge in [-0.05, 0) is 54.4 Å². The van der Waals surface area contributed by atoms with Crippen LogP contribution in [0.15, 0.2) is 91.0 Å². The molecule has 0 aliphatic carbocycles. The van der Waals surface area contributed by atoms with Gasteiger partial charge < -0.3 is 28.9 Å². The zero-order valence-electron chi connectivity index (χ0n) is 39.4. The predicted octanol–water partition coefficient (Wildman–Crippen LogP) is 16.3. The molecule has 76 heavy (non-hydrogen) atoms. The first-order valence-corrected chi connectivity index (χ1v) is 21.6. The van der Waals surface area contributed by atoms with Gasteiger partial charge in [0.25, 0.3) is 0 Å². The lowest BCUT2D eigenvalue weighted by molar-refractivity contribution is -0.884. The number of benzene rings is 8. The van der Waals surface area contributed by atoms with E-state index in [1.807, 2.05) is 21.1 Å². The van der Waals surface area contributed by atoms with E-state index in [0.29, 0.717) is 41.2 Å². The molecule has 0 fully saturated rings. The highest BCUT2D eigenvalue weighted by Crippen LogP contribution is 2.47. The monoisotopic (exact) mass is 1080 g/mol. The van der Waals surface area contributed by atoms with Crippen LogP contribution < -0.4 is 18.9 Å². The average molecular weight is 1080 g/mol. The first-order valence-electron chi connectivity index (χ1n) is 21.6. The van der Waals surface area contributed by atoms with Crippen LogP contribution in [-0.2, 0) is 6.54 Å². The molecule has 0 aliphatic heterocycles. The SMILES string of the molecule is COc1ccc(Oc2c(F)c(F)c(-c3c(F)c(F)c(Oc4ccc(Oc5c(F)c(F)c(-c6c(F)c(F)c(C)c(F)c6F)c(F)c5F)c(-c5ccc(C[N+](C)(C)C)cc5)c4)c(F)c3F)c(F)c2F)c(-c2ccccc2)c1.[OH-]. The maximum Gasteiger partial charge on any atom is 0.205 e. The Balaban J connectivity index is 0.00000840. The number of nitrogens with zero attached hydrogens (tertiary/aromatic N) is 1. The van der Waals surface area contributed by atoms with Crippen molar-refractivity contribution in [2.45, 2.75) is 13.5 Å². The first-order chi connectivity index (χ1) is 35.4. The molecule has 8 rings (SSSR count). The van der Waals surface area contributed by atoms with Crippen LogP contribution in [0.4, 0.5) is 70.2 Å². The molecule has 0 atom stereocenters. The van der Waals surface area contributed by atoms with E-state index in [4.69, 9.17) is 18.9 Å². The lowest BCUT2D eigenvalue weighted by atomic mass is 9.99. The van der Waals surface area contributed by atoms with E-state index in [-0.39, 0.29) is 22.4 Å². The molecule has 396 valence electrons. The van der Waals surface area contributed by atoms with Crippen LogP contribution in [0.3, 0.4) is 0 Å². The molecule has 1 N–H and O–H groups in total. The van der Waals surface area contributed by atoms with E-state index in [1.165, 1.54) is 55.6 Å². The number of halogens is 16. The normalized spacial score (nSPS) is 11.4. The van der Waals surface area contributed by atoms with Crippen molar-refractivity contribution in [2.75, 3.05) is 28.3 Å². The molecule has 6 nitrogen and oxygen atoms in total. The highest BCUT2D eigenvalue weighted by molar-refractivity contribution is 5.76. The van der Waals surface area contributed by atoms with Gasteiger partial charge in [0.15, 0.2) is 58.2 Å². The summed E-state index contributed by atoms with van der Waals surface area (Å²) in [5, 5.41) is 0. The molecule has 0 spiro atoms. The Morgan fingerprint density at radius 3 is 1.07 bits per heavy atom. The Hall–Kier alpha value is -8.24. The molecule has 0 saturated heterocycles. The van der Waals surface area contributed by atoms with Crippen molar-refractivity contribution in [3.8, 4) is 84.8 Å². The van der Waals surface area contributed by atoms with Crippen LogP contribution in [0.5, 0.6) is 40.2 Å². The maximum atomic E-state index is 15.9. The van der Waals surface area contributed by atoms with Crippen LogP contribution in [0, 0.1) is 100.0 Å². The van der Waals surface area contributed by atoms with Gasteiger partial charge in [0.05, 0.1) is 50.5 Å². The number of methoxy groups -OCH3 is 1. The maximum absolute atomic E-state index is 15.9. The minimum Gasteiger partial charge on any atom is -0.870 e. The summed E-state index contributed by atoms with van der Waals surface area (Å²) in [4.78, 5) is 0. The van der Waals surface area contributed by atoms with Crippen LogP contribution in [-0.4, -0.2) is 38.2 Å². The molecular weight excluding hydrogens is 1050 g/mol. The zero-order chi connectivity index (χ0) is 54.7. The first kappa shape index (κ1) is 55.5. The largest absolute Gasteiger partial charge is 0.870 e. The van der Waals surface area contributed by atoms with Crippen molar-refractivity contribution >= 4 is 0 Å². The summed E-state index contributed by atoms with van der Waals surface area (Å²) in [6.07, 6.45) is 0. The molecule has 22 heteroatoms. The van der Waals surface area contributed by atoms with E-state index in [0.717, 1.165) is 12.1 Å². The van der Waals surface area contributed by atoms with Crippen molar-refractivity contribution in [2.24, 2.45) is 0 Å². The second kappa shape index (κ2) is 21.2. The Kier molecular flexibility index (Phi) is 15.5. The van der Waals surface area contributed by atoms with Gasteiger partial charge in [0.1, 0.15) is 29.5 Å². The fourth-order valence-electron chi connectivity index (χ4n) is 7.85. The minimum atomic E-state index is -2.64. The van der Waals surface area contributed by atoms with Gasteiger partial charge in [0.2, 0.25) is 52.2 Å². The standard InChI is InChI=1S/C54H32F16NO4.H2O/c1-22-36(55)38(57)32(39(58)37(22)56)33-42(61)48(67)54(49(68)43(33)62)75-31-18-16-27(20-29(31)25-13-11-23(12-14-25)21-71(2,3)4)73-52-46(65)40(59)34(41(60)47(52)66)35-44(63)50(69)53(51(70)45(35)64)74-30-17-15-26(72-5)19-28(30)24-9-7-6-8-10-24;/h6-20H,21H2,1-5H3;1H2/q+1;/p-1. The van der Waals surface area contributed by atoms with E-state index < -0.39 is 161 Å². The highest BCUT2D eigenvalue weighted by atomic mass is 19.2. The number of ether oxygens (including phenoxy) is 4. The van der Waals surface area contributed by atoms with Crippen molar-refractivity contribution in [3.63, 3.8) is 0 Å². The lowest BCUT2D eigenvalue weighted by Gasteiger charge is -2.24. The third kappa shape index (κ3) is 9.92. The summed E-state index contributed by atoms with van der Waals surface area (Å²) in [7, 11) is 6.79. The van der Waals surface area contributed by atoms with Crippen molar-refractivity contribution in [1.82, 2.24) is 0 Å². The fourth-order valence-corrected chi connectivity index (χ4v) is 7.85. The molecule has 0 bridgehead atoms. The van der Waals surface area contributed by atoms with Gasteiger partial charge in [-0.25, -0.2) is 43.9 Å². The second-order valence-electron chi connectivity index (χ2n) is 17.5. The van der Waals surface area contributed by atoms with Crippen LogP contribution in [0.25, 0.3) is 44.5 Å². The Morgan fingerprint density at radius 2 is 0.697 bits per heavy atom.